The molecule has 22 heavy (non-hydrogen) atoms. The minimum Gasteiger partial charge on any atom is -0.449 e. The molecule has 1 fully saturated rings. The van der Waals surface area contributed by atoms with Crippen molar-refractivity contribution in [1.29, 1.82) is 0 Å². The van der Waals surface area contributed by atoms with E-state index >= 15 is 0 Å². The molecule has 1 aromatic rings. The van der Waals surface area contributed by atoms with Crippen molar-refractivity contribution >= 4 is 27.8 Å². The highest BCUT2D eigenvalue weighted by Gasteiger charge is 2.20. The first-order valence-electron chi connectivity index (χ1n) is 7.80. The van der Waals surface area contributed by atoms with E-state index in [2.05, 4.69) is 21.2 Å². The smallest absolute Gasteiger partial charge is 0.338 e. The van der Waals surface area contributed by atoms with Gasteiger partial charge in [0.2, 0.25) is 0 Å². The maximum Gasteiger partial charge on any atom is 0.338 e. The lowest BCUT2D eigenvalue weighted by Crippen LogP contribution is -2.38. The maximum atomic E-state index is 12.0. The minimum absolute atomic E-state index is 0.226. The number of benzene rings is 1. The monoisotopic (exact) mass is 367 g/mol. The number of nitrogens with one attached hydrogen (secondary N) is 1. The molecule has 0 aromatic heterocycles. The normalized spacial score (nSPS) is 16.8. The third-order valence-corrected chi connectivity index (χ3v) is 4.55. The second kappa shape index (κ2) is 8.32. The lowest BCUT2D eigenvalue weighted by atomic mass is 9.89. The Morgan fingerprint density at radius 1 is 1.23 bits per heavy atom. The zero-order valence-electron chi connectivity index (χ0n) is 12.8. The van der Waals surface area contributed by atoms with Gasteiger partial charge >= 0.3 is 5.97 Å². The van der Waals surface area contributed by atoms with Crippen LogP contribution in [0.25, 0.3) is 0 Å². The lowest BCUT2D eigenvalue weighted by Gasteiger charge is -2.22. The average molecular weight is 368 g/mol. The predicted octanol–water partition coefficient (Wildman–Crippen LogP) is 3.69. The van der Waals surface area contributed by atoms with Crippen molar-refractivity contribution in [2.24, 2.45) is 5.92 Å². The first-order chi connectivity index (χ1) is 10.6. The summed E-state index contributed by atoms with van der Waals surface area (Å²) in [6.45, 7) is 2.28. The molecular weight excluding hydrogens is 346 g/mol. The molecule has 5 heteroatoms. The molecule has 0 radical (unpaired) electrons. The first kappa shape index (κ1) is 17.0. The van der Waals surface area contributed by atoms with Crippen LogP contribution in [0, 0.1) is 5.92 Å². The van der Waals surface area contributed by atoms with Crippen LogP contribution < -0.4 is 5.32 Å². The number of rotatable bonds is 5. The van der Waals surface area contributed by atoms with Crippen LogP contribution >= 0.6 is 15.9 Å². The van der Waals surface area contributed by atoms with E-state index in [1.54, 1.807) is 31.2 Å². The molecule has 0 bridgehead atoms. The van der Waals surface area contributed by atoms with Gasteiger partial charge in [-0.3, -0.25) is 4.79 Å². The maximum absolute atomic E-state index is 12.0. The molecule has 2 rings (SSSR count). The van der Waals surface area contributed by atoms with Crippen LogP contribution in [0.3, 0.4) is 0 Å². The van der Waals surface area contributed by atoms with Gasteiger partial charge in [-0.25, -0.2) is 4.79 Å². The lowest BCUT2D eigenvalue weighted by molar-refractivity contribution is -0.129. The van der Waals surface area contributed by atoms with E-state index in [9.17, 15) is 9.59 Å². The molecule has 1 aliphatic carbocycles. The number of hydrogen-bond acceptors (Lipinski definition) is 3. The Hall–Kier alpha value is -1.36. The molecule has 0 saturated heterocycles. The van der Waals surface area contributed by atoms with E-state index in [1.165, 1.54) is 32.1 Å². The molecule has 1 amide bonds. The number of ether oxygens (including phenoxy) is 1. The molecule has 0 unspecified atom stereocenters. The topological polar surface area (TPSA) is 55.4 Å². The van der Waals surface area contributed by atoms with E-state index in [1.807, 2.05) is 0 Å². The second-order valence-corrected chi connectivity index (χ2v) is 6.72. The fourth-order valence-corrected chi connectivity index (χ4v) is 2.91. The van der Waals surface area contributed by atoms with E-state index in [0.29, 0.717) is 18.0 Å². The number of carbonyl (C=O) groups is 2. The number of amides is 1. The van der Waals surface area contributed by atoms with E-state index in [4.69, 9.17) is 4.74 Å². The molecule has 0 aliphatic heterocycles. The first-order valence-corrected chi connectivity index (χ1v) is 8.60. The number of hydrogen-bond donors (Lipinski definition) is 1. The highest BCUT2D eigenvalue weighted by molar-refractivity contribution is 9.10. The van der Waals surface area contributed by atoms with Crippen molar-refractivity contribution in [3.05, 3.63) is 34.3 Å². The van der Waals surface area contributed by atoms with E-state index < -0.39 is 12.1 Å². The Balaban J connectivity index is 1.77. The molecule has 4 nitrogen and oxygen atoms in total. The van der Waals surface area contributed by atoms with Crippen LogP contribution in [0.15, 0.2) is 28.7 Å². The van der Waals surface area contributed by atoms with Crippen LogP contribution in [0.2, 0.25) is 0 Å². The fourth-order valence-electron chi connectivity index (χ4n) is 2.65. The summed E-state index contributed by atoms with van der Waals surface area (Å²) < 4.78 is 6.10. The van der Waals surface area contributed by atoms with Gasteiger partial charge in [0.05, 0.1) is 5.56 Å². The molecule has 1 aliphatic rings. The second-order valence-electron chi connectivity index (χ2n) is 5.80. The van der Waals surface area contributed by atoms with Crippen molar-refractivity contribution < 1.29 is 14.3 Å². The van der Waals surface area contributed by atoms with Crippen LogP contribution in [0.4, 0.5) is 0 Å². The molecular formula is C17H22BrNO3. The summed E-state index contributed by atoms with van der Waals surface area (Å²) in [5, 5.41) is 2.89. The Labute approximate surface area is 139 Å². The molecule has 1 aromatic carbocycles. The van der Waals surface area contributed by atoms with Crippen LogP contribution in [0.5, 0.6) is 0 Å². The van der Waals surface area contributed by atoms with Crippen molar-refractivity contribution in [1.82, 2.24) is 5.32 Å². The summed E-state index contributed by atoms with van der Waals surface area (Å²) in [7, 11) is 0. The standard InChI is InChI=1S/C17H22BrNO3/c1-12(16(20)19-11-13-5-3-2-4-6-13)22-17(21)14-7-9-15(18)10-8-14/h7-10,12-13H,2-6,11H2,1H3,(H,19,20)/t12-/m1/s1. The van der Waals surface area contributed by atoms with Crippen LogP contribution in [-0.4, -0.2) is 24.5 Å². The molecule has 1 N–H and O–H groups in total. The quantitative estimate of drug-likeness (QED) is 0.807. The minimum atomic E-state index is -0.778. The van der Waals surface area contributed by atoms with Gasteiger partial charge in [0.25, 0.3) is 5.91 Å². The number of esters is 1. The Kier molecular flexibility index (Phi) is 6.43. The van der Waals surface area contributed by atoms with E-state index in [0.717, 1.165) is 4.47 Å². The largest absolute Gasteiger partial charge is 0.449 e. The summed E-state index contributed by atoms with van der Waals surface area (Å²) >= 11 is 3.31. The fraction of sp³-hybridized carbons (Fsp3) is 0.529. The van der Waals surface area contributed by atoms with Gasteiger partial charge in [0.15, 0.2) is 6.10 Å². The zero-order valence-corrected chi connectivity index (χ0v) is 14.4. The van der Waals surface area contributed by atoms with Gasteiger partial charge in [0.1, 0.15) is 0 Å². The van der Waals surface area contributed by atoms with Crippen molar-refractivity contribution in [3.8, 4) is 0 Å². The average Bonchev–Trinajstić information content (AvgIpc) is 2.54. The Morgan fingerprint density at radius 2 is 1.86 bits per heavy atom. The van der Waals surface area contributed by atoms with Gasteiger partial charge in [-0.15, -0.1) is 0 Å². The van der Waals surface area contributed by atoms with Crippen LogP contribution in [-0.2, 0) is 9.53 Å². The zero-order chi connectivity index (χ0) is 15.9. The SMILES string of the molecule is C[C@@H](OC(=O)c1ccc(Br)cc1)C(=O)NCC1CCCCC1. The molecule has 0 heterocycles. The third-order valence-electron chi connectivity index (χ3n) is 4.02. The highest BCUT2D eigenvalue weighted by atomic mass is 79.9. The van der Waals surface area contributed by atoms with Gasteiger partial charge in [-0.1, -0.05) is 35.2 Å². The van der Waals surface area contributed by atoms with Crippen LogP contribution in [0.1, 0.15) is 49.4 Å². The number of halogens is 1. The van der Waals surface area contributed by atoms with Gasteiger partial charge in [0, 0.05) is 11.0 Å². The predicted molar refractivity (Wildman–Crippen MR) is 88.6 cm³/mol. The van der Waals surface area contributed by atoms with Crippen molar-refractivity contribution in [2.45, 2.75) is 45.1 Å². The summed E-state index contributed by atoms with van der Waals surface area (Å²) in [5.74, 6) is -0.143. The number of carbonyl (C=O) groups excluding carboxylic acids is 2. The van der Waals surface area contributed by atoms with Gasteiger partial charge in [-0.2, -0.15) is 0 Å². The summed E-state index contributed by atoms with van der Waals surface area (Å²) in [5.41, 5.74) is 0.440. The summed E-state index contributed by atoms with van der Waals surface area (Å²) in [6, 6.07) is 6.87. The molecule has 1 saturated carbocycles. The molecule has 120 valence electrons. The van der Waals surface area contributed by atoms with Crippen molar-refractivity contribution in [3.63, 3.8) is 0 Å². The molecule has 1 atom stereocenters. The van der Waals surface area contributed by atoms with Crippen molar-refractivity contribution in [2.75, 3.05) is 6.54 Å². The van der Waals surface area contributed by atoms with E-state index in [-0.39, 0.29) is 5.91 Å². The van der Waals surface area contributed by atoms with Gasteiger partial charge in [-0.05, 0) is 49.9 Å². The Morgan fingerprint density at radius 3 is 2.50 bits per heavy atom. The highest BCUT2D eigenvalue weighted by Crippen LogP contribution is 2.22. The molecule has 0 spiro atoms. The third kappa shape index (κ3) is 5.13. The van der Waals surface area contributed by atoms with Gasteiger partial charge < -0.3 is 10.1 Å². The summed E-state index contributed by atoms with van der Waals surface area (Å²) in [6.07, 6.45) is 5.36. The summed E-state index contributed by atoms with van der Waals surface area (Å²) in [4.78, 5) is 24.0. The Bertz CT molecular complexity index is 509.